The first-order valence-electron chi connectivity index (χ1n) is 10.5. The van der Waals surface area contributed by atoms with Gasteiger partial charge in [-0.3, -0.25) is 14.2 Å². The van der Waals surface area contributed by atoms with E-state index in [9.17, 15) is 9.59 Å². The third-order valence-corrected chi connectivity index (χ3v) is 5.98. The lowest BCUT2D eigenvalue weighted by atomic mass is 10.2. The molecule has 2 aromatic heterocycles. The topological polar surface area (TPSA) is 81.8 Å². The molecule has 2 aliphatic rings. The lowest BCUT2D eigenvalue weighted by Crippen LogP contribution is -2.26. The Labute approximate surface area is 168 Å². The quantitative estimate of drug-likeness (QED) is 0.696. The number of nitrogens with one attached hydrogen (secondary N) is 1. The van der Waals surface area contributed by atoms with Crippen LogP contribution in [0, 0.1) is 0 Å². The molecule has 0 bridgehead atoms. The molecule has 3 aromatic rings. The van der Waals surface area contributed by atoms with Gasteiger partial charge in [-0.1, -0.05) is 25.0 Å². The zero-order chi connectivity index (χ0) is 19.8. The number of carbonyl (C=O) groups is 1. The minimum absolute atomic E-state index is 0.00724. The van der Waals surface area contributed by atoms with Crippen LogP contribution in [0.4, 0.5) is 5.82 Å². The van der Waals surface area contributed by atoms with E-state index < -0.39 is 0 Å². The van der Waals surface area contributed by atoms with Gasteiger partial charge in [0, 0.05) is 24.9 Å². The molecule has 2 aliphatic carbocycles. The number of hydrogen-bond acceptors (Lipinski definition) is 4. The van der Waals surface area contributed by atoms with Crippen LogP contribution in [-0.2, 0) is 11.2 Å². The van der Waals surface area contributed by atoms with Gasteiger partial charge in [-0.25, -0.2) is 9.67 Å². The van der Waals surface area contributed by atoms with Crippen molar-refractivity contribution in [3.63, 3.8) is 0 Å². The predicted molar refractivity (Wildman–Crippen MR) is 111 cm³/mol. The molecule has 5 rings (SSSR count). The van der Waals surface area contributed by atoms with E-state index in [0.717, 1.165) is 31.5 Å². The van der Waals surface area contributed by atoms with Crippen molar-refractivity contribution < 1.29 is 4.79 Å². The van der Waals surface area contributed by atoms with E-state index in [1.54, 1.807) is 10.8 Å². The molecule has 7 heteroatoms. The van der Waals surface area contributed by atoms with Crippen LogP contribution in [0.1, 0.15) is 62.9 Å². The normalized spacial score (nSPS) is 17.1. The number of nitrogens with zero attached hydrogens (tertiary/aromatic N) is 4. The molecule has 0 radical (unpaired) electrons. The fourth-order valence-electron chi connectivity index (χ4n) is 4.36. The van der Waals surface area contributed by atoms with Gasteiger partial charge in [0.25, 0.3) is 5.56 Å². The van der Waals surface area contributed by atoms with E-state index in [2.05, 4.69) is 10.4 Å². The zero-order valence-corrected chi connectivity index (χ0v) is 16.4. The molecule has 2 saturated carbocycles. The summed E-state index contributed by atoms with van der Waals surface area (Å²) < 4.78 is 3.75. The SMILES string of the molecule is O=C(CCc1nc2ccccc2c(=O)n1C1CC1)Nc1ccnn1C1CCCC1. The summed E-state index contributed by atoms with van der Waals surface area (Å²) in [5, 5.41) is 8.05. The minimum Gasteiger partial charge on any atom is -0.311 e. The molecule has 1 aromatic carbocycles. The number of para-hydroxylation sites is 1. The Hall–Kier alpha value is -2.96. The van der Waals surface area contributed by atoms with Crippen LogP contribution in [0.3, 0.4) is 0 Å². The van der Waals surface area contributed by atoms with E-state index in [0.29, 0.717) is 29.2 Å². The van der Waals surface area contributed by atoms with Crippen molar-refractivity contribution in [2.45, 2.75) is 63.5 Å². The van der Waals surface area contributed by atoms with Crippen molar-refractivity contribution in [2.24, 2.45) is 0 Å². The van der Waals surface area contributed by atoms with Gasteiger partial charge >= 0.3 is 0 Å². The standard InChI is InChI=1S/C22H25N5O2/c28-21(25-20-13-14-23-27(20)16-5-1-2-6-16)12-11-19-24-18-8-4-3-7-17(18)22(29)26(19)15-9-10-15/h3-4,7-8,13-16H,1-2,5-6,9-12H2,(H,25,28). The molecule has 7 nitrogen and oxygen atoms in total. The van der Waals surface area contributed by atoms with E-state index in [1.807, 2.05) is 35.0 Å². The highest BCUT2D eigenvalue weighted by Gasteiger charge is 2.28. The van der Waals surface area contributed by atoms with Gasteiger partial charge in [-0.05, 0) is 37.8 Å². The van der Waals surface area contributed by atoms with Gasteiger partial charge in [-0.2, -0.15) is 5.10 Å². The first kappa shape index (κ1) is 18.1. The molecule has 150 valence electrons. The summed E-state index contributed by atoms with van der Waals surface area (Å²) in [6.45, 7) is 0. The highest BCUT2D eigenvalue weighted by Crippen LogP contribution is 2.35. The number of fused-ring (bicyclic) bond motifs is 1. The van der Waals surface area contributed by atoms with E-state index in [4.69, 9.17) is 4.98 Å². The average Bonchev–Trinajstić information content (AvgIpc) is 3.21. The molecule has 2 heterocycles. The molecule has 29 heavy (non-hydrogen) atoms. The average molecular weight is 391 g/mol. The van der Waals surface area contributed by atoms with Crippen LogP contribution in [-0.4, -0.2) is 25.2 Å². The molecular weight excluding hydrogens is 366 g/mol. The van der Waals surface area contributed by atoms with Crippen molar-refractivity contribution in [3.8, 4) is 0 Å². The fourth-order valence-corrected chi connectivity index (χ4v) is 4.36. The van der Waals surface area contributed by atoms with Crippen molar-refractivity contribution >= 4 is 22.6 Å². The van der Waals surface area contributed by atoms with Gasteiger partial charge < -0.3 is 5.32 Å². The van der Waals surface area contributed by atoms with Crippen molar-refractivity contribution in [2.75, 3.05) is 5.32 Å². The van der Waals surface area contributed by atoms with Crippen LogP contribution in [0.2, 0.25) is 0 Å². The minimum atomic E-state index is -0.0745. The van der Waals surface area contributed by atoms with Crippen molar-refractivity contribution in [1.29, 1.82) is 0 Å². The number of carbonyl (C=O) groups excluding carboxylic acids is 1. The zero-order valence-electron chi connectivity index (χ0n) is 16.4. The monoisotopic (exact) mass is 391 g/mol. The number of hydrogen-bond donors (Lipinski definition) is 1. The Morgan fingerprint density at radius 2 is 1.86 bits per heavy atom. The maximum atomic E-state index is 12.9. The number of aryl methyl sites for hydroxylation is 1. The number of anilines is 1. The molecule has 0 atom stereocenters. The summed E-state index contributed by atoms with van der Waals surface area (Å²) in [6.07, 6.45) is 9.11. The van der Waals surface area contributed by atoms with Crippen molar-refractivity contribution in [1.82, 2.24) is 19.3 Å². The van der Waals surface area contributed by atoms with Gasteiger partial charge in [0.1, 0.15) is 11.6 Å². The summed E-state index contributed by atoms with van der Waals surface area (Å²) in [4.78, 5) is 30.3. The second kappa shape index (κ2) is 7.46. The third kappa shape index (κ3) is 3.57. The smallest absolute Gasteiger partial charge is 0.261 e. The number of rotatable bonds is 6. The lowest BCUT2D eigenvalue weighted by molar-refractivity contribution is -0.116. The number of aromatic nitrogens is 4. The summed E-state index contributed by atoms with van der Waals surface area (Å²) in [5.41, 5.74) is 0.705. The lowest BCUT2D eigenvalue weighted by Gasteiger charge is -2.15. The van der Waals surface area contributed by atoms with Gasteiger partial charge in [0.2, 0.25) is 5.91 Å². The molecule has 0 aliphatic heterocycles. The van der Waals surface area contributed by atoms with Gasteiger partial charge in [0.05, 0.1) is 23.1 Å². The molecule has 1 amide bonds. The highest BCUT2D eigenvalue weighted by atomic mass is 16.1. The molecule has 1 N–H and O–H groups in total. The van der Waals surface area contributed by atoms with Crippen LogP contribution < -0.4 is 10.9 Å². The van der Waals surface area contributed by atoms with Crippen molar-refractivity contribution in [3.05, 3.63) is 52.7 Å². The van der Waals surface area contributed by atoms with Gasteiger partial charge in [0.15, 0.2) is 0 Å². The first-order chi connectivity index (χ1) is 14.2. The first-order valence-corrected chi connectivity index (χ1v) is 10.5. The van der Waals surface area contributed by atoms with Crippen LogP contribution >= 0.6 is 0 Å². The highest BCUT2D eigenvalue weighted by molar-refractivity contribution is 5.90. The largest absolute Gasteiger partial charge is 0.311 e. The van der Waals surface area contributed by atoms with E-state index in [-0.39, 0.29) is 23.9 Å². The second-order valence-corrected chi connectivity index (χ2v) is 8.10. The summed E-state index contributed by atoms with van der Waals surface area (Å²) in [5.74, 6) is 1.39. The van der Waals surface area contributed by atoms with E-state index in [1.165, 1.54) is 12.8 Å². The predicted octanol–water partition coefficient (Wildman–Crippen LogP) is 3.61. The molecule has 0 spiro atoms. The Kier molecular flexibility index (Phi) is 4.66. The Morgan fingerprint density at radius 3 is 2.66 bits per heavy atom. The molecular formula is C22H25N5O2. The van der Waals surface area contributed by atoms with Crippen LogP contribution in [0.5, 0.6) is 0 Å². The maximum Gasteiger partial charge on any atom is 0.261 e. The summed E-state index contributed by atoms with van der Waals surface area (Å²) >= 11 is 0. The number of amides is 1. The van der Waals surface area contributed by atoms with E-state index >= 15 is 0 Å². The number of benzene rings is 1. The Balaban J connectivity index is 1.33. The fraction of sp³-hybridized carbons (Fsp3) is 0.455. The summed E-state index contributed by atoms with van der Waals surface area (Å²) in [6, 6.07) is 9.89. The Morgan fingerprint density at radius 1 is 1.07 bits per heavy atom. The molecule has 0 unspecified atom stereocenters. The second-order valence-electron chi connectivity index (χ2n) is 8.10. The molecule has 2 fully saturated rings. The molecule has 0 saturated heterocycles. The summed E-state index contributed by atoms with van der Waals surface area (Å²) in [7, 11) is 0. The van der Waals surface area contributed by atoms with Crippen LogP contribution in [0.25, 0.3) is 10.9 Å². The Bertz CT molecular complexity index is 1110. The van der Waals surface area contributed by atoms with Gasteiger partial charge in [-0.15, -0.1) is 0 Å². The third-order valence-electron chi connectivity index (χ3n) is 5.98. The van der Waals surface area contributed by atoms with Crippen LogP contribution in [0.15, 0.2) is 41.3 Å². The maximum absolute atomic E-state index is 12.9.